The van der Waals surface area contributed by atoms with Gasteiger partial charge in [-0.25, -0.2) is 9.97 Å². The molecule has 3 aromatic rings. The standard InChI is InChI=1S/C13H14BrN5O/c1-6-11(8(3)20-18-6)7(2)19-12-10(17-13(19)15)4-9(14)5-16-12/h4-5,7H,1-3H3,(H2,15,17). The van der Waals surface area contributed by atoms with E-state index < -0.39 is 0 Å². The van der Waals surface area contributed by atoms with Crippen LogP contribution in [-0.2, 0) is 0 Å². The Hall–Kier alpha value is -1.89. The van der Waals surface area contributed by atoms with Crippen LogP contribution in [0.1, 0.15) is 30.0 Å². The lowest BCUT2D eigenvalue weighted by Gasteiger charge is -2.15. The highest BCUT2D eigenvalue weighted by Gasteiger charge is 2.22. The molecule has 2 N–H and O–H groups in total. The lowest BCUT2D eigenvalue weighted by molar-refractivity contribution is 0.391. The Bertz CT molecular complexity index is 772. The minimum absolute atomic E-state index is 0.0417. The monoisotopic (exact) mass is 335 g/mol. The van der Waals surface area contributed by atoms with Gasteiger partial charge in [-0.3, -0.25) is 4.57 Å². The summed E-state index contributed by atoms with van der Waals surface area (Å²) in [5.74, 6) is 1.21. The van der Waals surface area contributed by atoms with Crippen LogP contribution in [0.25, 0.3) is 11.2 Å². The molecule has 3 heterocycles. The van der Waals surface area contributed by atoms with Crippen molar-refractivity contribution in [1.29, 1.82) is 0 Å². The molecular formula is C13H14BrN5O. The van der Waals surface area contributed by atoms with Crippen LogP contribution in [0.2, 0.25) is 0 Å². The first-order valence-corrected chi connectivity index (χ1v) is 7.00. The SMILES string of the molecule is Cc1noc(C)c1C(C)n1c(N)nc2cc(Br)cnc21. The van der Waals surface area contributed by atoms with Crippen molar-refractivity contribution in [3.63, 3.8) is 0 Å². The topological polar surface area (TPSA) is 82.8 Å². The number of aryl methyl sites for hydroxylation is 2. The van der Waals surface area contributed by atoms with Gasteiger partial charge in [-0.05, 0) is 42.8 Å². The summed E-state index contributed by atoms with van der Waals surface area (Å²) in [7, 11) is 0. The molecule has 0 saturated heterocycles. The third-order valence-corrected chi connectivity index (χ3v) is 3.85. The number of imidazole rings is 1. The molecule has 6 nitrogen and oxygen atoms in total. The largest absolute Gasteiger partial charge is 0.369 e. The maximum atomic E-state index is 6.06. The van der Waals surface area contributed by atoms with E-state index in [1.165, 1.54) is 0 Å². The predicted molar refractivity (Wildman–Crippen MR) is 79.4 cm³/mol. The van der Waals surface area contributed by atoms with E-state index in [1.54, 1.807) is 6.20 Å². The van der Waals surface area contributed by atoms with Gasteiger partial charge < -0.3 is 10.3 Å². The highest BCUT2D eigenvalue weighted by Crippen LogP contribution is 2.30. The summed E-state index contributed by atoms with van der Waals surface area (Å²) in [6, 6.07) is 1.86. The molecule has 104 valence electrons. The van der Waals surface area contributed by atoms with Gasteiger partial charge in [0.2, 0.25) is 5.95 Å². The quantitative estimate of drug-likeness (QED) is 0.778. The van der Waals surface area contributed by atoms with Crippen LogP contribution in [0.5, 0.6) is 0 Å². The van der Waals surface area contributed by atoms with Crippen molar-refractivity contribution < 1.29 is 4.52 Å². The van der Waals surface area contributed by atoms with Crippen LogP contribution in [0.4, 0.5) is 5.95 Å². The summed E-state index contributed by atoms with van der Waals surface area (Å²) < 4.78 is 8.00. The molecule has 1 atom stereocenters. The van der Waals surface area contributed by atoms with E-state index >= 15 is 0 Å². The summed E-state index contributed by atoms with van der Waals surface area (Å²) in [6.45, 7) is 5.85. The number of nitrogen functional groups attached to an aromatic ring is 1. The van der Waals surface area contributed by atoms with Crippen molar-refractivity contribution in [3.05, 3.63) is 33.8 Å². The minimum atomic E-state index is -0.0417. The molecule has 3 rings (SSSR count). The summed E-state index contributed by atoms with van der Waals surface area (Å²) in [5, 5.41) is 3.99. The molecule has 1 unspecified atom stereocenters. The number of halogens is 1. The second-order valence-electron chi connectivity index (χ2n) is 4.75. The second-order valence-corrected chi connectivity index (χ2v) is 5.67. The Labute approximate surface area is 124 Å². The Morgan fingerprint density at radius 1 is 1.40 bits per heavy atom. The van der Waals surface area contributed by atoms with Gasteiger partial charge in [-0.15, -0.1) is 0 Å². The number of nitrogens with zero attached hydrogens (tertiary/aromatic N) is 4. The summed E-state index contributed by atoms with van der Waals surface area (Å²) in [5.41, 5.74) is 9.43. The van der Waals surface area contributed by atoms with Crippen molar-refractivity contribution in [2.45, 2.75) is 26.8 Å². The molecule has 3 aromatic heterocycles. The van der Waals surface area contributed by atoms with E-state index in [0.29, 0.717) is 5.95 Å². The third kappa shape index (κ3) is 1.89. The normalized spacial score (nSPS) is 13.0. The van der Waals surface area contributed by atoms with Gasteiger partial charge in [0.25, 0.3) is 0 Å². The van der Waals surface area contributed by atoms with Crippen molar-refractivity contribution in [2.75, 3.05) is 5.73 Å². The highest BCUT2D eigenvalue weighted by molar-refractivity contribution is 9.10. The van der Waals surface area contributed by atoms with E-state index in [4.69, 9.17) is 10.3 Å². The van der Waals surface area contributed by atoms with Gasteiger partial charge >= 0.3 is 0 Å². The van der Waals surface area contributed by atoms with Crippen LogP contribution in [0, 0.1) is 13.8 Å². The molecule has 0 spiro atoms. The maximum Gasteiger partial charge on any atom is 0.203 e. The first-order chi connectivity index (χ1) is 9.49. The Balaban J connectivity index is 2.22. The molecule has 0 saturated carbocycles. The van der Waals surface area contributed by atoms with Crippen molar-refractivity contribution in [3.8, 4) is 0 Å². The van der Waals surface area contributed by atoms with E-state index in [0.717, 1.165) is 32.7 Å². The molecule has 0 radical (unpaired) electrons. The van der Waals surface area contributed by atoms with Crippen LogP contribution < -0.4 is 5.73 Å². The Morgan fingerprint density at radius 2 is 2.15 bits per heavy atom. The fourth-order valence-electron chi connectivity index (χ4n) is 2.57. The molecule has 7 heteroatoms. The number of hydrogen-bond acceptors (Lipinski definition) is 5. The third-order valence-electron chi connectivity index (χ3n) is 3.42. The van der Waals surface area contributed by atoms with E-state index in [9.17, 15) is 0 Å². The van der Waals surface area contributed by atoms with E-state index in [2.05, 4.69) is 31.1 Å². The average Bonchev–Trinajstić information content (AvgIpc) is 2.88. The maximum absolute atomic E-state index is 6.06. The summed E-state index contributed by atoms with van der Waals surface area (Å²) in [4.78, 5) is 8.78. The molecule has 20 heavy (non-hydrogen) atoms. The lowest BCUT2D eigenvalue weighted by atomic mass is 10.1. The molecule has 0 fully saturated rings. The van der Waals surface area contributed by atoms with Gasteiger partial charge in [-0.2, -0.15) is 0 Å². The summed E-state index contributed by atoms with van der Waals surface area (Å²) >= 11 is 3.39. The Kier molecular flexibility index (Phi) is 3.01. The smallest absolute Gasteiger partial charge is 0.203 e. The molecule has 0 aliphatic rings. The second kappa shape index (κ2) is 4.59. The van der Waals surface area contributed by atoms with Crippen LogP contribution >= 0.6 is 15.9 Å². The van der Waals surface area contributed by atoms with E-state index in [-0.39, 0.29) is 6.04 Å². The minimum Gasteiger partial charge on any atom is -0.369 e. The van der Waals surface area contributed by atoms with Crippen molar-refractivity contribution in [1.82, 2.24) is 19.7 Å². The van der Waals surface area contributed by atoms with Crippen molar-refractivity contribution in [2.24, 2.45) is 0 Å². The zero-order valence-corrected chi connectivity index (χ0v) is 13.0. The summed E-state index contributed by atoms with van der Waals surface area (Å²) in [6.07, 6.45) is 1.74. The molecule has 0 bridgehead atoms. The first kappa shape index (κ1) is 13.1. The number of aromatic nitrogens is 4. The molecule has 0 aliphatic heterocycles. The molecule has 0 aromatic carbocycles. The fourth-order valence-corrected chi connectivity index (χ4v) is 2.89. The molecule has 0 aliphatic carbocycles. The van der Waals surface area contributed by atoms with Gasteiger partial charge in [0.05, 0.1) is 11.7 Å². The Morgan fingerprint density at radius 3 is 2.80 bits per heavy atom. The average molecular weight is 336 g/mol. The van der Waals surface area contributed by atoms with Gasteiger partial charge in [0.15, 0.2) is 5.65 Å². The number of anilines is 1. The molecular weight excluding hydrogens is 322 g/mol. The van der Waals surface area contributed by atoms with E-state index in [1.807, 2.05) is 31.4 Å². The van der Waals surface area contributed by atoms with Gasteiger partial charge in [0, 0.05) is 16.2 Å². The van der Waals surface area contributed by atoms with Crippen LogP contribution in [0.3, 0.4) is 0 Å². The first-order valence-electron chi connectivity index (χ1n) is 6.20. The highest BCUT2D eigenvalue weighted by atomic mass is 79.9. The number of fused-ring (bicyclic) bond motifs is 1. The number of rotatable bonds is 2. The lowest BCUT2D eigenvalue weighted by Crippen LogP contribution is -2.12. The number of pyridine rings is 1. The van der Waals surface area contributed by atoms with Crippen LogP contribution in [0.15, 0.2) is 21.3 Å². The van der Waals surface area contributed by atoms with Crippen LogP contribution in [-0.4, -0.2) is 19.7 Å². The zero-order chi connectivity index (χ0) is 14.4. The fraction of sp³-hybridized carbons (Fsp3) is 0.308. The van der Waals surface area contributed by atoms with Crippen molar-refractivity contribution >= 4 is 33.0 Å². The zero-order valence-electron chi connectivity index (χ0n) is 11.4. The number of nitrogens with two attached hydrogens (primary N) is 1. The van der Waals surface area contributed by atoms with Gasteiger partial charge in [0.1, 0.15) is 11.3 Å². The molecule has 0 amide bonds. The number of hydrogen-bond donors (Lipinski definition) is 1. The predicted octanol–water partition coefficient (Wildman–Crippen LogP) is 2.99. The van der Waals surface area contributed by atoms with Gasteiger partial charge in [-0.1, -0.05) is 5.16 Å².